The molecule has 1 spiro atoms. The number of fused-ring (bicyclic) bond motifs is 2. The van der Waals surface area contributed by atoms with Crippen LogP contribution in [0.4, 0.5) is 5.69 Å². The fourth-order valence-corrected chi connectivity index (χ4v) is 4.55. The van der Waals surface area contributed by atoms with Crippen molar-refractivity contribution in [1.82, 2.24) is 4.90 Å². The molecule has 25 heavy (non-hydrogen) atoms. The predicted octanol–water partition coefficient (Wildman–Crippen LogP) is 3.49. The number of anilines is 1. The van der Waals surface area contributed by atoms with E-state index in [1.165, 1.54) is 18.4 Å². The highest BCUT2D eigenvalue weighted by molar-refractivity contribution is 6.08. The maximum atomic E-state index is 13.4. The summed E-state index contributed by atoms with van der Waals surface area (Å²) in [6, 6.07) is 12.5. The largest absolute Gasteiger partial charge is 0.465 e. The van der Waals surface area contributed by atoms with Crippen LogP contribution >= 0.6 is 0 Å². The minimum atomic E-state index is -0.354. The molecule has 4 nitrogen and oxygen atoms in total. The van der Waals surface area contributed by atoms with E-state index in [-0.39, 0.29) is 5.41 Å². The van der Waals surface area contributed by atoms with Crippen molar-refractivity contribution in [2.24, 2.45) is 5.92 Å². The molecule has 1 aliphatic carbocycles. The maximum Gasteiger partial charge on any atom is 0.239 e. The van der Waals surface area contributed by atoms with Crippen molar-refractivity contribution in [1.29, 1.82) is 0 Å². The van der Waals surface area contributed by atoms with E-state index >= 15 is 0 Å². The summed E-state index contributed by atoms with van der Waals surface area (Å²) in [5.74, 6) is 2.96. The van der Waals surface area contributed by atoms with E-state index in [9.17, 15) is 4.79 Å². The number of para-hydroxylation sites is 1. The molecule has 0 radical (unpaired) electrons. The van der Waals surface area contributed by atoms with E-state index < -0.39 is 0 Å². The third kappa shape index (κ3) is 2.43. The monoisotopic (exact) mass is 336 g/mol. The lowest BCUT2D eigenvalue weighted by atomic mass is 9.81. The molecule has 1 aromatic heterocycles. The Kier molecular flexibility index (Phi) is 3.32. The Bertz CT molecular complexity index is 823. The van der Waals surface area contributed by atoms with Crippen LogP contribution < -0.4 is 4.90 Å². The molecule has 2 aliphatic heterocycles. The predicted molar refractivity (Wildman–Crippen MR) is 96.5 cm³/mol. The van der Waals surface area contributed by atoms with Crippen LogP contribution in [0, 0.1) is 12.8 Å². The Morgan fingerprint density at radius 2 is 2.04 bits per heavy atom. The molecule has 4 heteroatoms. The van der Waals surface area contributed by atoms with Gasteiger partial charge in [-0.3, -0.25) is 9.69 Å². The van der Waals surface area contributed by atoms with Gasteiger partial charge in [0.15, 0.2) is 0 Å². The van der Waals surface area contributed by atoms with Crippen LogP contribution in [-0.4, -0.2) is 30.4 Å². The number of nitrogens with zero attached hydrogens (tertiary/aromatic N) is 2. The number of rotatable bonds is 4. The fraction of sp³-hybridized carbons (Fsp3) is 0.476. The van der Waals surface area contributed by atoms with Gasteiger partial charge in [0.25, 0.3) is 0 Å². The number of aryl methyl sites for hydroxylation is 1. The van der Waals surface area contributed by atoms with Crippen LogP contribution in [0.5, 0.6) is 0 Å². The quantitative estimate of drug-likeness (QED) is 0.857. The second kappa shape index (κ2) is 5.46. The Hall–Kier alpha value is -2.07. The molecule has 2 fully saturated rings. The van der Waals surface area contributed by atoms with Gasteiger partial charge in [0, 0.05) is 25.3 Å². The van der Waals surface area contributed by atoms with Gasteiger partial charge >= 0.3 is 0 Å². The molecule has 5 rings (SSSR count). The molecule has 1 aromatic carbocycles. The Labute approximate surface area is 148 Å². The first-order chi connectivity index (χ1) is 12.2. The molecule has 130 valence electrons. The van der Waals surface area contributed by atoms with Crippen molar-refractivity contribution < 1.29 is 9.21 Å². The SMILES string of the molecule is Cc1ccc(CN2CC[C@@]3(C2)C(=O)N(CC2CC2)c2ccccc23)o1. The van der Waals surface area contributed by atoms with Crippen LogP contribution in [0.25, 0.3) is 0 Å². The molecule has 1 atom stereocenters. The molecule has 3 aliphatic rings. The zero-order valence-electron chi connectivity index (χ0n) is 14.7. The molecule has 1 amide bonds. The molecular formula is C21H24N2O2. The highest BCUT2D eigenvalue weighted by atomic mass is 16.3. The number of likely N-dealkylation sites (tertiary alicyclic amines) is 1. The van der Waals surface area contributed by atoms with Crippen LogP contribution in [0.1, 0.15) is 36.3 Å². The third-order valence-corrected chi connectivity index (χ3v) is 6.03. The summed E-state index contributed by atoms with van der Waals surface area (Å²) in [4.78, 5) is 17.9. The number of benzene rings is 1. The average Bonchev–Trinajstić information content (AvgIpc) is 3.12. The lowest BCUT2D eigenvalue weighted by molar-refractivity contribution is -0.122. The number of hydrogen-bond acceptors (Lipinski definition) is 3. The summed E-state index contributed by atoms with van der Waals surface area (Å²) in [5.41, 5.74) is 2.03. The minimum Gasteiger partial charge on any atom is -0.465 e. The van der Waals surface area contributed by atoms with Crippen LogP contribution in [0.15, 0.2) is 40.8 Å². The van der Waals surface area contributed by atoms with Gasteiger partial charge in [-0.15, -0.1) is 0 Å². The normalized spacial score (nSPS) is 26.0. The number of carbonyl (C=O) groups is 1. The average molecular weight is 336 g/mol. The van der Waals surface area contributed by atoms with Crippen molar-refractivity contribution in [3.8, 4) is 0 Å². The molecule has 0 unspecified atom stereocenters. The summed E-state index contributed by atoms with van der Waals surface area (Å²) in [7, 11) is 0. The molecule has 3 heterocycles. The zero-order chi connectivity index (χ0) is 17.0. The second-order valence-corrected chi connectivity index (χ2v) is 7.93. The molecule has 1 saturated heterocycles. The van der Waals surface area contributed by atoms with E-state index in [4.69, 9.17) is 4.42 Å². The molecular weight excluding hydrogens is 312 g/mol. The van der Waals surface area contributed by atoms with Crippen molar-refractivity contribution in [3.05, 3.63) is 53.5 Å². The minimum absolute atomic E-state index is 0.318. The standard InChI is InChI=1S/C21H24N2O2/c1-15-6-9-17(25-15)13-22-11-10-21(14-22)18-4-2-3-5-19(18)23(20(21)24)12-16-7-8-16/h2-6,9,16H,7-8,10-14H2,1H3/t21-/m0/s1. The molecule has 0 bridgehead atoms. The van der Waals surface area contributed by atoms with Crippen molar-refractivity contribution in [2.45, 2.75) is 38.1 Å². The summed E-state index contributed by atoms with van der Waals surface area (Å²) in [6.07, 6.45) is 3.44. The van der Waals surface area contributed by atoms with Gasteiger partial charge in [0.2, 0.25) is 5.91 Å². The molecule has 0 N–H and O–H groups in total. The van der Waals surface area contributed by atoms with Gasteiger partial charge in [-0.25, -0.2) is 0 Å². The van der Waals surface area contributed by atoms with Gasteiger partial charge in [0.05, 0.1) is 12.0 Å². The Balaban J connectivity index is 1.43. The maximum absolute atomic E-state index is 13.4. The summed E-state index contributed by atoms with van der Waals surface area (Å²) in [5, 5.41) is 0. The van der Waals surface area contributed by atoms with Crippen LogP contribution in [0.2, 0.25) is 0 Å². The number of furan rings is 1. The van der Waals surface area contributed by atoms with Crippen molar-refractivity contribution >= 4 is 11.6 Å². The van der Waals surface area contributed by atoms with Crippen molar-refractivity contribution in [3.63, 3.8) is 0 Å². The topological polar surface area (TPSA) is 36.7 Å². The number of amides is 1. The van der Waals surface area contributed by atoms with Gasteiger partial charge < -0.3 is 9.32 Å². The van der Waals surface area contributed by atoms with Gasteiger partial charge in [-0.1, -0.05) is 18.2 Å². The lowest BCUT2D eigenvalue weighted by Crippen LogP contribution is -2.43. The highest BCUT2D eigenvalue weighted by Gasteiger charge is 2.54. The summed E-state index contributed by atoms with van der Waals surface area (Å²) < 4.78 is 5.74. The molecule has 1 saturated carbocycles. The third-order valence-electron chi connectivity index (χ3n) is 6.03. The van der Waals surface area contributed by atoms with E-state index in [0.717, 1.165) is 49.8 Å². The first-order valence-corrected chi connectivity index (χ1v) is 9.35. The summed E-state index contributed by atoms with van der Waals surface area (Å²) >= 11 is 0. The first-order valence-electron chi connectivity index (χ1n) is 9.35. The van der Waals surface area contributed by atoms with E-state index in [0.29, 0.717) is 11.8 Å². The fourth-order valence-electron chi connectivity index (χ4n) is 4.55. The van der Waals surface area contributed by atoms with Gasteiger partial charge in [-0.05, 0) is 55.9 Å². The highest BCUT2D eigenvalue weighted by Crippen LogP contribution is 2.48. The lowest BCUT2D eigenvalue weighted by Gasteiger charge is -2.24. The van der Waals surface area contributed by atoms with Crippen LogP contribution in [0.3, 0.4) is 0 Å². The van der Waals surface area contributed by atoms with E-state index in [2.05, 4.69) is 34.1 Å². The Morgan fingerprint density at radius 3 is 2.80 bits per heavy atom. The Morgan fingerprint density at radius 1 is 1.20 bits per heavy atom. The van der Waals surface area contributed by atoms with E-state index in [1.54, 1.807) is 0 Å². The zero-order valence-corrected chi connectivity index (χ0v) is 14.7. The molecule has 2 aromatic rings. The smallest absolute Gasteiger partial charge is 0.239 e. The number of hydrogen-bond donors (Lipinski definition) is 0. The van der Waals surface area contributed by atoms with Crippen molar-refractivity contribution in [2.75, 3.05) is 24.5 Å². The number of carbonyl (C=O) groups excluding carboxylic acids is 1. The van der Waals surface area contributed by atoms with Gasteiger partial charge in [0.1, 0.15) is 11.5 Å². The van der Waals surface area contributed by atoms with E-state index in [1.807, 2.05) is 19.1 Å². The summed E-state index contributed by atoms with van der Waals surface area (Å²) in [6.45, 7) is 5.39. The van der Waals surface area contributed by atoms with Gasteiger partial charge in [-0.2, -0.15) is 0 Å². The second-order valence-electron chi connectivity index (χ2n) is 7.93. The van der Waals surface area contributed by atoms with Crippen LogP contribution in [-0.2, 0) is 16.8 Å². The first kappa shape index (κ1) is 15.2.